The van der Waals surface area contributed by atoms with Gasteiger partial charge in [0.25, 0.3) is 0 Å². The number of hydrogen-bond donors (Lipinski definition) is 2. The molecule has 27 heavy (non-hydrogen) atoms. The number of hydrogen-bond acceptors (Lipinski definition) is 1. The molecule has 0 fully saturated rings. The summed E-state index contributed by atoms with van der Waals surface area (Å²) >= 11 is 12.6. The number of fused-ring (bicyclic) bond motifs is 3. The predicted octanol–water partition coefficient (Wildman–Crippen LogP) is 5.08. The highest BCUT2D eigenvalue weighted by Crippen LogP contribution is 2.43. The maximum Gasteiger partial charge on any atom is 0.128 e. The molecule has 0 bridgehead atoms. The molecule has 0 spiro atoms. The van der Waals surface area contributed by atoms with Crippen LogP contribution in [0.2, 0.25) is 10.0 Å². The van der Waals surface area contributed by atoms with Gasteiger partial charge >= 0.3 is 0 Å². The summed E-state index contributed by atoms with van der Waals surface area (Å²) in [6.07, 6.45) is 5.08. The predicted molar refractivity (Wildman–Crippen MR) is 115 cm³/mol. The molecule has 0 aliphatic heterocycles. The molecule has 0 radical (unpaired) electrons. The quantitative estimate of drug-likeness (QED) is 0.508. The van der Waals surface area contributed by atoms with Crippen LogP contribution in [0.1, 0.15) is 62.3 Å². The topological polar surface area (TPSA) is 24.7 Å². The van der Waals surface area contributed by atoms with Gasteiger partial charge in [0.05, 0.1) is 13.1 Å². The van der Waals surface area contributed by atoms with Gasteiger partial charge in [0.1, 0.15) is 12.6 Å². The van der Waals surface area contributed by atoms with Crippen molar-refractivity contribution in [1.82, 2.24) is 0 Å². The van der Waals surface area contributed by atoms with Crippen LogP contribution in [-0.2, 0) is 6.42 Å². The summed E-state index contributed by atoms with van der Waals surface area (Å²) in [5.74, 6) is 0. The molecule has 0 saturated heterocycles. The molecule has 2 aromatic rings. The van der Waals surface area contributed by atoms with Crippen LogP contribution < -0.4 is 4.90 Å². The fourth-order valence-electron chi connectivity index (χ4n) is 4.14. The average Bonchev–Trinajstić information content (AvgIpc) is 2.99. The average molecular weight is 407 g/mol. The standard InChI is InChI=1S/C23H29Cl2NO/c1-3-5-9-26(10-6-4-2)15-22(27)21-14-19(25)13-17-11-16-12-18(24)7-8-20(16)23(17)21/h7-8,12-14,22,27H,3-6,9-11,15H2,1-2H3/p+1/t22-/m1/s1. The monoisotopic (exact) mass is 406 g/mol. The Morgan fingerprint density at radius 1 is 0.963 bits per heavy atom. The molecule has 1 atom stereocenters. The number of rotatable bonds is 9. The lowest BCUT2D eigenvalue weighted by atomic mass is 9.95. The summed E-state index contributed by atoms with van der Waals surface area (Å²) in [5.41, 5.74) is 5.71. The van der Waals surface area contributed by atoms with Crippen molar-refractivity contribution < 1.29 is 10.0 Å². The molecule has 1 aliphatic carbocycles. The Balaban J connectivity index is 1.89. The minimum absolute atomic E-state index is 0.511. The number of unbranched alkanes of at least 4 members (excludes halogenated alkanes) is 2. The lowest BCUT2D eigenvalue weighted by Gasteiger charge is -2.24. The minimum atomic E-state index is -0.511. The van der Waals surface area contributed by atoms with Gasteiger partial charge in [-0.3, -0.25) is 0 Å². The van der Waals surface area contributed by atoms with Gasteiger partial charge in [0.15, 0.2) is 0 Å². The second-order valence-corrected chi connectivity index (χ2v) is 8.56. The molecule has 0 amide bonds. The minimum Gasteiger partial charge on any atom is -0.382 e. The van der Waals surface area contributed by atoms with Gasteiger partial charge < -0.3 is 10.0 Å². The summed E-state index contributed by atoms with van der Waals surface area (Å²) in [4.78, 5) is 1.48. The SMILES string of the molecule is CCCC[NH+](CCCC)C[C@@H](O)c1cc(Cl)cc2c1-c1ccc(Cl)cc1C2. The largest absolute Gasteiger partial charge is 0.382 e. The molecule has 0 aromatic heterocycles. The Morgan fingerprint density at radius 2 is 1.63 bits per heavy atom. The molecule has 4 heteroatoms. The van der Waals surface area contributed by atoms with Crippen LogP contribution in [0.4, 0.5) is 0 Å². The molecule has 0 saturated carbocycles. The fraction of sp³-hybridized carbons (Fsp3) is 0.478. The van der Waals surface area contributed by atoms with Crippen molar-refractivity contribution in [2.45, 2.75) is 52.1 Å². The van der Waals surface area contributed by atoms with Crippen LogP contribution in [0.3, 0.4) is 0 Å². The maximum absolute atomic E-state index is 11.2. The van der Waals surface area contributed by atoms with E-state index < -0.39 is 6.10 Å². The Morgan fingerprint density at radius 3 is 2.30 bits per heavy atom. The second kappa shape index (κ2) is 9.43. The van der Waals surface area contributed by atoms with Gasteiger partial charge in [-0.15, -0.1) is 0 Å². The third-order valence-corrected chi connectivity index (χ3v) is 5.99. The van der Waals surface area contributed by atoms with Gasteiger partial charge in [0, 0.05) is 10.0 Å². The van der Waals surface area contributed by atoms with Crippen molar-refractivity contribution in [3.8, 4) is 11.1 Å². The Bertz CT molecular complexity index is 782. The van der Waals surface area contributed by atoms with Gasteiger partial charge in [-0.25, -0.2) is 0 Å². The normalized spacial score (nSPS) is 13.7. The second-order valence-electron chi connectivity index (χ2n) is 7.68. The maximum atomic E-state index is 11.2. The highest BCUT2D eigenvalue weighted by atomic mass is 35.5. The summed E-state index contributed by atoms with van der Waals surface area (Å²) < 4.78 is 0. The molecule has 146 valence electrons. The summed E-state index contributed by atoms with van der Waals surface area (Å²) in [6.45, 7) is 7.40. The molecule has 2 nitrogen and oxygen atoms in total. The Hall–Kier alpha value is -1.06. The molecule has 2 aromatic carbocycles. The fourth-order valence-corrected chi connectivity index (χ4v) is 4.58. The van der Waals surface area contributed by atoms with Gasteiger partial charge in [0.2, 0.25) is 0 Å². The van der Waals surface area contributed by atoms with Gasteiger partial charge in [-0.05, 0) is 71.3 Å². The van der Waals surface area contributed by atoms with Crippen LogP contribution in [0.5, 0.6) is 0 Å². The third-order valence-electron chi connectivity index (χ3n) is 5.54. The van der Waals surface area contributed by atoms with E-state index >= 15 is 0 Å². The first-order valence-electron chi connectivity index (χ1n) is 10.2. The van der Waals surface area contributed by atoms with Crippen molar-refractivity contribution in [1.29, 1.82) is 0 Å². The molecule has 2 N–H and O–H groups in total. The number of aliphatic hydroxyl groups is 1. The lowest BCUT2D eigenvalue weighted by molar-refractivity contribution is -0.904. The molecular weight excluding hydrogens is 377 g/mol. The van der Waals surface area contributed by atoms with E-state index in [2.05, 4.69) is 19.9 Å². The molecule has 1 aliphatic rings. The first kappa shape index (κ1) is 20.7. The van der Waals surface area contributed by atoms with Crippen LogP contribution in [0.15, 0.2) is 30.3 Å². The zero-order chi connectivity index (χ0) is 19.4. The molecule has 3 rings (SSSR count). The van der Waals surface area contributed by atoms with Gasteiger partial charge in [-0.1, -0.05) is 56.0 Å². The first-order chi connectivity index (χ1) is 13.0. The lowest BCUT2D eigenvalue weighted by Crippen LogP contribution is -3.12. The van der Waals surface area contributed by atoms with Crippen molar-refractivity contribution in [2.75, 3.05) is 19.6 Å². The van der Waals surface area contributed by atoms with Crippen molar-refractivity contribution in [3.05, 3.63) is 57.1 Å². The van der Waals surface area contributed by atoms with E-state index in [-0.39, 0.29) is 0 Å². The smallest absolute Gasteiger partial charge is 0.128 e. The summed E-state index contributed by atoms with van der Waals surface area (Å²) in [6, 6.07) is 10.0. The van der Waals surface area contributed by atoms with Crippen molar-refractivity contribution >= 4 is 23.2 Å². The van der Waals surface area contributed by atoms with Gasteiger partial charge in [-0.2, -0.15) is 0 Å². The molecule has 0 unspecified atom stereocenters. The summed E-state index contributed by atoms with van der Waals surface area (Å²) in [5, 5.41) is 12.6. The Labute approximate surface area is 173 Å². The van der Waals surface area contributed by atoms with E-state index in [1.165, 1.54) is 47.3 Å². The number of quaternary nitrogens is 1. The molecular formula is C23H30Cl2NO+. The third kappa shape index (κ3) is 4.86. The van der Waals surface area contributed by atoms with Crippen LogP contribution in [0, 0.1) is 0 Å². The molecule has 0 heterocycles. The van der Waals surface area contributed by atoms with E-state index in [4.69, 9.17) is 23.2 Å². The van der Waals surface area contributed by atoms with E-state index in [1.807, 2.05) is 24.3 Å². The number of halogens is 2. The van der Waals surface area contributed by atoms with Crippen molar-refractivity contribution in [2.24, 2.45) is 0 Å². The number of nitrogens with one attached hydrogen (secondary N) is 1. The van der Waals surface area contributed by atoms with E-state index in [9.17, 15) is 5.11 Å². The zero-order valence-corrected chi connectivity index (χ0v) is 17.8. The number of aliphatic hydroxyl groups excluding tert-OH is 1. The van der Waals surface area contributed by atoms with Crippen LogP contribution in [0.25, 0.3) is 11.1 Å². The Kier molecular flexibility index (Phi) is 7.22. The van der Waals surface area contributed by atoms with E-state index in [1.54, 1.807) is 0 Å². The van der Waals surface area contributed by atoms with E-state index in [0.29, 0.717) is 5.02 Å². The van der Waals surface area contributed by atoms with Crippen molar-refractivity contribution in [3.63, 3.8) is 0 Å². The summed E-state index contributed by atoms with van der Waals surface area (Å²) in [7, 11) is 0. The van der Waals surface area contributed by atoms with Crippen LogP contribution >= 0.6 is 23.2 Å². The van der Waals surface area contributed by atoms with Crippen LogP contribution in [-0.4, -0.2) is 24.7 Å². The van der Waals surface area contributed by atoms with E-state index in [0.717, 1.165) is 42.2 Å². The highest BCUT2D eigenvalue weighted by molar-refractivity contribution is 6.31. The highest BCUT2D eigenvalue weighted by Gasteiger charge is 2.27. The first-order valence-corrected chi connectivity index (χ1v) is 10.9. The number of benzene rings is 2. The zero-order valence-electron chi connectivity index (χ0n) is 16.3.